The molecule has 208 valence electrons. The summed E-state index contributed by atoms with van der Waals surface area (Å²) in [4.78, 5) is 57.8. The lowest BCUT2D eigenvalue weighted by Crippen LogP contribution is -2.58. The minimum absolute atomic E-state index is 0.0126. The van der Waals surface area contributed by atoms with E-state index < -0.39 is 47.9 Å². The molecule has 0 aliphatic heterocycles. The van der Waals surface area contributed by atoms with Gasteiger partial charge in [-0.25, -0.2) is 9.78 Å². The van der Waals surface area contributed by atoms with Crippen molar-refractivity contribution in [3.05, 3.63) is 48.0 Å². The maximum absolute atomic E-state index is 13.3. The highest BCUT2D eigenvalue weighted by Gasteiger charge is 2.31. The Morgan fingerprint density at radius 1 is 0.895 bits per heavy atom. The Balaban J connectivity index is 2.19. The summed E-state index contributed by atoms with van der Waals surface area (Å²) in [5.74, 6) is -3.17. The highest BCUT2D eigenvalue weighted by atomic mass is 16.4. The number of amides is 3. The fourth-order valence-corrected chi connectivity index (χ4v) is 3.71. The summed E-state index contributed by atoms with van der Waals surface area (Å²) >= 11 is 0. The number of carbonyl (C=O) groups is 4. The number of benzene rings is 1. The highest BCUT2D eigenvalue weighted by molar-refractivity contribution is 5.94. The molecule has 0 radical (unpaired) electrons. The molecule has 1 heterocycles. The fraction of sp³-hybridized carbons (Fsp3) is 0.500. The van der Waals surface area contributed by atoms with E-state index in [1.54, 1.807) is 26.0 Å². The molecule has 0 aliphatic carbocycles. The first-order valence-electron chi connectivity index (χ1n) is 12.5. The van der Waals surface area contributed by atoms with Gasteiger partial charge in [0.1, 0.15) is 23.9 Å². The summed E-state index contributed by atoms with van der Waals surface area (Å²) in [5, 5.41) is 27.0. The lowest BCUT2D eigenvalue weighted by Gasteiger charge is -2.26. The minimum atomic E-state index is -1.26. The van der Waals surface area contributed by atoms with Crippen LogP contribution < -0.4 is 21.7 Å². The molecule has 1 aromatic heterocycles. The number of H-pyrrole nitrogens is 1. The van der Waals surface area contributed by atoms with E-state index in [0.29, 0.717) is 11.3 Å². The van der Waals surface area contributed by atoms with E-state index >= 15 is 0 Å². The van der Waals surface area contributed by atoms with Crippen LogP contribution in [0.1, 0.15) is 45.4 Å². The number of imidazole rings is 1. The molecule has 1 aromatic carbocycles. The number of aromatic nitrogens is 2. The minimum Gasteiger partial charge on any atom is -0.508 e. The number of hydrogen-bond acceptors (Lipinski definition) is 7. The number of rotatable bonds is 14. The molecule has 0 spiro atoms. The molecular weight excluding hydrogens is 492 g/mol. The van der Waals surface area contributed by atoms with Gasteiger partial charge in [0.05, 0.1) is 12.4 Å². The van der Waals surface area contributed by atoms with Crippen LogP contribution in [0, 0.1) is 11.8 Å². The van der Waals surface area contributed by atoms with Crippen LogP contribution in [0.25, 0.3) is 0 Å². The van der Waals surface area contributed by atoms with Crippen molar-refractivity contribution in [1.82, 2.24) is 25.9 Å². The molecule has 38 heavy (non-hydrogen) atoms. The number of carboxylic acid groups (broad SMARTS) is 1. The molecule has 3 amide bonds. The van der Waals surface area contributed by atoms with E-state index in [4.69, 9.17) is 5.73 Å². The molecule has 0 saturated carbocycles. The van der Waals surface area contributed by atoms with Gasteiger partial charge in [0, 0.05) is 24.7 Å². The second kappa shape index (κ2) is 14.1. The fourth-order valence-electron chi connectivity index (χ4n) is 3.71. The van der Waals surface area contributed by atoms with Crippen molar-refractivity contribution in [3.63, 3.8) is 0 Å². The Hall–Kier alpha value is -3.93. The first-order valence-corrected chi connectivity index (χ1v) is 12.5. The van der Waals surface area contributed by atoms with Gasteiger partial charge in [-0.05, 0) is 36.0 Å². The average Bonchev–Trinajstić information content (AvgIpc) is 3.36. The van der Waals surface area contributed by atoms with Crippen molar-refractivity contribution < 1.29 is 29.4 Å². The normalized spacial score (nSPS) is 14.4. The topological polar surface area (TPSA) is 200 Å². The van der Waals surface area contributed by atoms with Gasteiger partial charge in [-0.2, -0.15) is 0 Å². The van der Waals surface area contributed by atoms with Crippen molar-refractivity contribution in [3.8, 4) is 5.75 Å². The molecule has 2 aromatic rings. The Bertz CT molecular complexity index is 1070. The van der Waals surface area contributed by atoms with Gasteiger partial charge < -0.3 is 36.9 Å². The van der Waals surface area contributed by atoms with Gasteiger partial charge in [0.25, 0.3) is 0 Å². The van der Waals surface area contributed by atoms with E-state index in [1.807, 2.05) is 13.8 Å². The number of phenolic OH excluding ortho intramolecular Hbond substituents is 1. The van der Waals surface area contributed by atoms with Crippen molar-refractivity contribution >= 4 is 23.7 Å². The SMILES string of the molecule is CC(C)CC(NC(=O)C(Cc1cnc[nH]1)NC(=O)C(N)C(C)C)C(=O)NC(Cc1ccc(O)cc1)C(=O)O. The Labute approximate surface area is 221 Å². The monoisotopic (exact) mass is 530 g/mol. The largest absolute Gasteiger partial charge is 0.508 e. The van der Waals surface area contributed by atoms with Crippen LogP contribution in [0.5, 0.6) is 5.75 Å². The van der Waals surface area contributed by atoms with Gasteiger partial charge >= 0.3 is 5.97 Å². The molecule has 12 nitrogen and oxygen atoms in total. The summed E-state index contributed by atoms with van der Waals surface area (Å²) < 4.78 is 0. The number of nitrogens with two attached hydrogens (primary N) is 1. The van der Waals surface area contributed by atoms with Crippen molar-refractivity contribution in [2.45, 2.75) is 71.1 Å². The van der Waals surface area contributed by atoms with Crippen LogP contribution in [0.2, 0.25) is 0 Å². The molecule has 12 heteroatoms. The van der Waals surface area contributed by atoms with Gasteiger partial charge in [-0.3, -0.25) is 14.4 Å². The molecule has 0 aliphatic rings. The first-order chi connectivity index (χ1) is 17.9. The maximum atomic E-state index is 13.3. The first kappa shape index (κ1) is 30.3. The molecule has 0 fully saturated rings. The Kier molecular flexibility index (Phi) is 11.3. The summed E-state index contributed by atoms with van der Waals surface area (Å²) in [5.41, 5.74) is 7.15. The van der Waals surface area contributed by atoms with Gasteiger partial charge in [0.15, 0.2) is 0 Å². The number of carbonyl (C=O) groups excluding carboxylic acids is 3. The number of nitrogens with zero attached hydrogens (tertiary/aromatic N) is 1. The number of carboxylic acids is 1. The summed E-state index contributed by atoms with van der Waals surface area (Å²) in [6, 6.07) is 1.78. The van der Waals surface area contributed by atoms with E-state index in [1.165, 1.54) is 24.7 Å². The van der Waals surface area contributed by atoms with Crippen LogP contribution in [0.15, 0.2) is 36.8 Å². The number of hydrogen-bond donors (Lipinski definition) is 7. The molecule has 0 saturated heterocycles. The lowest BCUT2D eigenvalue weighted by atomic mass is 10.00. The molecule has 2 rings (SSSR count). The second-order valence-electron chi connectivity index (χ2n) is 10.1. The van der Waals surface area contributed by atoms with Crippen molar-refractivity contribution in [2.24, 2.45) is 17.6 Å². The third-order valence-electron chi connectivity index (χ3n) is 5.96. The zero-order chi connectivity index (χ0) is 28.4. The van der Waals surface area contributed by atoms with Crippen molar-refractivity contribution in [1.29, 1.82) is 0 Å². The second-order valence-corrected chi connectivity index (χ2v) is 10.1. The Morgan fingerprint density at radius 2 is 1.47 bits per heavy atom. The van der Waals surface area contributed by atoms with Gasteiger partial charge in [0.2, 0.25) is 17.7 Å². The number of aliphatic carboxylic acids is 1. The van der Waals surface area contributed by atoms with E-state index in [9.17, 15) is 29.4 Å². The smallest absolute Gasteiger partial charge is 0.326 e. The Morgan fingerprint density at radius 3 is 2.00 bits per heavy atom. The predicted octanol–water partition coefficient (Wildman–Crippen LogP) is 0.469. The quantitative estimate of drug-likeness (QED) is 0.183. The standard InChI is InChI=1S/C26H38N6O6/c1-14(2)9-19(23(34)32-21(26(37)38)10-16-5-7-18(33)8-6-16)30-24(35)20(11-17-12-28-13-29-17)31-25(36)22(27)15(3)4/h5-8,12-15,19-22,33H,9-11,27H2,1-4H3,(H,28,29)(H,30,35)(H,31,36)(H,32,34)(H,37,38). The number of aromatic hydroxyl groups is 1. The molecule has 0 bridgehead atoms. The maximum Gasteiger partial charge on any atom is 0.326 e. The third-order valence-corrected chi connectivity index (χ3v) is 5.96. The lowest BCUT2D eigenvalue weighted by molar-refractivity contribution is -0.142. The van der Waals surface area contributed by atoms with Gasteiger partial charge in [-0.1, -0.05) is 39.8 Å². The number of nitrogens with one attached hydrogen (secondary N) is 4. The average molecular weight is 531 g/mol. The van der Waals surface area contributed by atoms with E-state index in [-0.39, 0.29) is 36.8 Å². The van der Waals surface area contributed by atoms with Crippen LogP contribution in [-0.2, 0) is 32.0 Å². The molecule has 8 N–H and O–H groups in total. The van der Waals surface area contributed by atoms with Crippen molar-refractivity contribution in [2.75, 3.05) is 0 Å². The zero-order valence-corrected chi connectivity index (χ0v) is 22.1. The van der Waals surface area contributed by atoms with Crippen LogP contribution in [-0.4, -0.2) is 68.0 Å². The summed E-state index contributed by atoms with van der Waals surface area (Å²) in [7, 11) is 0. The van der Waals surface area contributed by atoms with Crippen LogP contribution >= 0.6 is 0 Å². The van der Waals surface area contributed by atoms with Crippen LogP contribution in [0.3, 0.4) is 0 Å². The van der Waals surface area contributed by atoms with Gasteiger partial charge in [-0.15, -0.1) is 0 Å². The number of phenols is 1. The summed E-state index contributed by atoms with van der Waals surface area (Å²) in [6.07, 6.45) is 3.26. The van der Waals surface area contributed by atoms with E-state index in [0.717, 1.165) is 0 Å². The summed E-state index contributed by atoms with van der Waals surface area (Å²) in [6.45, 7) is 7.30. The van der Waals surface area contributed by atoms with Crippen LogP contribution in [0.4, 0.5) is 0 Å². The number of aromatic amines is 1. The molecule has 4 atom stereocenters. The zero-order valence-electron chi connectivity index (χ0n) is 22.1. The third kappa shape index (κ3) is 9.51. The molecular formula is C26H38N6O6. The predicted molar refractivity (Wildman–Crippen MR) is 140 cm³/mol. The highest BCUT2D eigenvalue weighted by Crippen LogP contribution is 2.13. The van der Waals surface area contributed by atoms with E-state index in [2.05, 4.69) is 25.9 Å². The molecule has 4 unspecified atom stereocenters.